The maximum absolute atomic E-state index is 9.56. The maximum atomic E-state index is 9.56. The summed E-state index contributed by atoms with van der Waals surface area (Å²) in [6.45, 7) is 2.04. The first-order valence-electron chi connectivity index (χ1n) is 4.99. The second kappa shape index (κ2) is 5.43. The van der Waals surface area contributed by atoms with E-state index in [9.17, 15) is 5.11 Å². The van der Waals surface area contributed by atoms with Crippen LogP contribution >= 0.6 is 45.2 Å². The second-order valence-electron chi connectivity index (χ2n) is 3.65. The maximum Gasteiger partial charge on any atom is 0.142 e. The second-order valence-corrected chi connectivity index (χ2v) is 5.97. The molecule has 0 fully saturated rings. The molecule has 0 atom stereocenters. The molecular weight excluding hydrogens is 442 g/mol. The number of benzene rings is 2. The summed E-state index contributed by atoms with van der Waals surface area (Å²) >= 11 is 4.23. The van der Waals surface area contributed by atoms with E-state index in [1.165, 1.54) is 5.56 Å². The van der Waals surface area contributed by atoms with Gasteiger partial charge in [-0.25, -0.2) is 0 Å². The van der Waals surface area contributed by atoms with Crippen molar-refractivity contribution < 1.29 is 9.84 Å². The number of halogens is 2. The molecule has 0 saturated heterocycles. The molecule has 4 heteroatoms. The minimum Gasteiger partial charge on any atom is -0.507 e. The molecule has 0 aliphatic heterocycles. The molecule has 2 nitrogen and oxygen atoms in total. The first kappa shape index (κ1) is 12.9. The molecule has 0 saturated carbocycles. The van der Waals surface area contributed by atoms with Crippen LogP contribution in [0.4, 0.5) is 0 Å². The standard InChI is InChI=1S/C13H10I2O2/c1-8-2-4-9(5-3-8)17-13-7-10(14)12(16)6-11(13)15/h2-7,16H,1H3. The summed E-state index contributed by atoms with van der Waals surface area (Å²) in [5.41, 5.74) is 1.20. The van der Waals surface area contributed by atoms with Gasteiger partial charge in [0.15, 0.2) is 0 Å². The summed E-state index contributed by atoms with van der Waals surface area (Å²) in [4.78, 5) is 0. The zero-order chi connectivity index (χ0) is 12.4. The number of rotatable bonds is 2. The van der Waals surface area contributed by atoms with Crippen LogP contribution in [-0.2, 0) is 0 Å². The van der Waals surface area contributed by atoms with Gasteiger partial charge in [0.25, 0.3) is 0 Å². The summed E-state index contributed by atoms with van der Waals surface area (Å²) < 4.78 is 7.45. The van der Waals surface area contributed by atoms with Crippen LogP contribution in [0.2, 0.25) is 0 Å². The van der Waals surface area contributed by atoms with Crippen molar-refractivity contribution >= 4 is 45.2 Å². The van der Waals surface area contributed by atoms with Crippen molar-refractivity contribution in [3.05, 3.63) is 49.1 Å². The van der Waals surface area contributed by atoms with Crippen molar-refractivity contribution in [1.82, 2.24) is 0 Å². The minimum absolute atomic E-state index is 0.284. The topological polar surface area (TPSA) is 29.5 Å². The van der Waals surface area contributed by atoms with E-state index in [1.54, 1.807) is 6.07 Å². The van der Waals surface area contributed by atoms with Crippen LogP contribution in [0.1, 0.15) is 5.56 Å². The van der Waals surface area contributed by atoms with Gasteiger partial charge in [0.2, 0.25) is 0 Å². The Balaban J connectivity index is 2.30. The summed E-state index contributed by atoms with van der Waals surface area (Å²) in [6, 6.07) is 11.4. The first-order chi connectivity index (χ1) is 8.06. The number of hydrogen-bond donors (Lipinski definition) is 1. The van der Waals surface area contributed by atoms with Crippen LogP contribution in [0, 0.1) is 14.1 Å². The van der Waals surface area contributed by atoms with Crippen LogP contribution in [0.5, 0.6) is 17.2 Å². The molecule has 0 heterocycles. The summed E-state index contributed by atoms with van der Waals surface area (Å²) in [6.07, 6.45) is 0. The smallest absolute Gasteiger partial charge is 0.142 e. The molecule has 2 aromatic carbocycles. The molecule has 0 bridgehead atoms. The van der Waals surface area contributed by atoms with Crippen LogP contribution < -0.4 is 4.74 Å². The van der Waals surface area contributed by atoms with Crippen molar-refractivity contribution in [2.75, 3.05) is 0 Å². The highest BCUT2D eigenvalue weighted by atomic mass is 127. The van der Waals surface area contributed by atoms with Gasteiger partial charge in [0.1, 0.15) is 17.2 Å². The lowest BCUT2D eigenvalue weighted by atomic mass is 10.2. The molecule has 0 amide bonds. The van der Waals surface area contributed by atoms with E-state index < -0.39 is 0 Å². The summed E-state index contributed by atoms with van der Waals surface area (Å²) in [5.74, 6) is 1.85. The Bertz CT molecular complexity index is 536. The van der Waals surface area contributed by atoms with Gasteiger partial charge < -0.3 is 9.84 Å². The monoisotopic (exact) mass is 452 g/mol. The number of phenolic OH excluding ortho intramolecular Hbond substituents is 1. The van der Waals surface area contributed by atoms with Gasteiger partial charge in [-0.3, -0.25) is 0 Å². The van der Waals surface area contributed by atoms with Crippen molar-refractivity contribution in [2.45, 2.75) is 6.92 Å². The van der Waals surface area contributed by atoms with Gasteiger partial charge in [-0.1, -0.05) is 17.7 Å². The zero-order valence-electron chi connectivity index (χ0n) is 9.08. The van der Waals surface area contributed by atoms with Crippen LogP contribution in [-0.4, -0.2) is 5.11 Å². The zero-order valence-corrected chi connectivity index (χ0v) is 13.4. The van der Waals surface area contributed by atoms with Crippen LogP contribution in [0.3, 0.4) is 0 Å². The van der Waals surface area contributed by atoms with Crippen molar-refractivity contribution in [3.8, 4) is 17.2 Å². The van der Waals surface area contributed by atoms with Crippen molar-refractivity contribution in [1.29, 1.82) is 0 Å². The van der Waals surface area contributed by atoms with Gasteiger partial charge >= 0.3 is 0 Å². The molecule has 0 aromatic heterocycles. The Labute approximate surface area is 127 Å². The number of phenols is 1. The lowest BCUT2D eigenvalue weighted by molar-refractivity contribution is 0.458. The number of aromatic hydroxyl groups is 1. The minimum atomic E-state index is 0.284. The predicted octanol–water partition coefficient (Wildman–Crippen LogP) is 4.70. The van der Waals surface area contributed by atoms with E-state index in [0.29, 0.717) is 0 Å². The highest BCUT2D eigenvalue weighted by Crippen LogP contribution is 2.33. The summed E-state index contributed by atoms with van der Waals surface area (Å²) in [5, 5.41) is 9.56. The fourth-order valence-electron chi connectivity index (χ4n) is 1.33. The van der Waals surface area contributed by atoms with E-state index >= 15 is 0 Å². The normalized spacial score (nSPS) is 10.3. The Morgan fingerprint density at radius 1 is 1.00 bits per heavy atom. The average molecular weight is 452 g/mol. The SMILES string of the molecule is Cc1ccc(Oc2cc(I)c(O)cc2I)cc1. The Kier molecular flexibility index (Phi) is 4.13. The van der Waals surface area contributed by atoms with Crippen LogP contribution in [0.25, 0.3) is 0 Å². The molecular formula is C13H10I2O2. The highest BCUT2D eigenvalue weighted by molar-refractivity contribution is 14.1. The van der Waals surface area contributed by atoms with E-state index in [2.05, 4.69) is 45.2 Å². The lowest BCUT2D eigenvalue weighted by Gasteiger charge is -2.09. The van der Waals surface area contributed by atoms with E-state index in [4.69, 9.17) is 4.74 Å². The molecule has 2 aromatic rings. The predicted molar refractivity (Wildman–Crippen MR) is 84.8 cm³/mol. The van der Waals surface area contributed by atoms with E-state index in [-0.39, 0.29) is 5.75 Å². The van der Waals surface area contributed by atoms with Gasteiger partial charge in [0, 0.05) is 0 Å². The first-order valence-corrected chi connectivity index (χ1v) is 7.14. The van der Waals surface area contributed by atoms with E-state index in [0.717, 1.165) is 18.6 Å². The van der Waals surface area contributed by atoms with Gasteiger partial charge in [0.05, 0.1) is 7.14 Å². The Hall–Kier alpha value is -0.500. The molecule has 0 aliphatic rings. The number of hydrogen-bond acceptors (Lipinski definition) is 2. The molecule has 17 heavy (non-hydrogen) atoms. The molecule has 1 N–H and O–H groups in total. The molecule has 0 aliphatic carbocycles. The molecule has 88 valence electrons. The molecule has 0 unspecified atom stereocenters. The Morgan fingerprint density at radius 3 is 2.29 bits per heavy atom. The van der Waals surface area contributed by atoms with Crippen LogP contribution in [0.15, 0.2) is 36.4 Å². The fourth-order valence-corrected chi connectivity index (χ4v) is 2.33. The van der Waals surface area contributed by atoms with Gasteiger partial charge in [-0.15, -0.1) is 0 Å². The third-order valence-electron chi connectivity index (χ3n) is 2.25. The quantitative estimate of drug-likeness (QED) is 0.670. The molecule has 2 rings (SSSR count). The largest absolute Gasteiger partial charge is 0.507 e. The van der Waals surface area contributed by atoms with E-state index in [1.807, 2.05) is 37.3 Å². The number of aryl methyl sites for hydroxylation is 1. The van der Waals surface area contributed by atoms with Gasteiger partial charge in [-0.2, -0.15) is 0 Å². The highest BCUT2D eigenvalue weighted by Gasteiger charge is 2.07. The molecule has 0 radical (unpaired) electrons. The van der Waals surface area contributed by atoms with Crippen molar-refractivity contribution in [3.63, 3.8) is 0 Å². The summed E-state index contributed by atoms with van der Waals surface area (Å²) in [7, 11) is 0. The van der Waals surface area contributed by atoms with Crippen molar-refractivity contribution in [2.24, 2.45) is 0 Å². The third-order valence-corrected chi connectivity index (χ3v) is 3.96. The third kappa shape index (κ3) is 3.25. The fraction of sp³-hybridized carbons (Fsp3) is 0.0769. The lowest BCUT2D eigenvalue weighted by Crippen LogP contribution is -1.89. The Morgan fingerprint density at radius 2 is 1.65 bits per heavy atom. The average Bonchev–Trinajstić information content (AvgIpc) is 2.29. The number of ether oxygens (including phenoxy) is 1. The van der Waals surface area contributed by atoms with Gasteiger partial charge in [-0.05, 0) is 76.4 Å². The molecule has 0 spiro atoms.